The van der Waals surface area contributed by atoms with E-state index >= 15 is 0 Å². The minimum absolute atomic E-state index is 0.0979. The first-order valence-electron chi connectivity index (χ1n) is 7.91. The van der Waals surface area contributed by atoms with E-state index in [-0.39, 0.29) is 35.5 Å². The molecule has 2 amide bonds. The number of anilines is 1. The van der Waals surface area contributed by atoms with Crippen molar-refractivity contribution < 1.29 is 19.1 Å². The molecule has 118 valence electrons. The lowest BCUT2D eigenvalue weighted by atomic mass is 9.63. The van der Waals surface area contributed by atoms with Gasteiger partial charge in [-0.2, -0.15) is 0 Å². The van der Waals surface area contributed by atoms with Crippen LogP contribution in [0.4, 0.5) is 5.69 Å². The quantitative estimate of drug-likeness (QED) is 0.364. The predicted molar refractivity (Wildman–Crippen MR) is 82.6 cm³/mol. The average Bonchev–Trinajstić information content (AvgIpc) is 2.83. The van der Waals surface area contributed by atoms with Crippen LogP contribution >= 0.6 is 0 Å². The molecule has 2 bridgehead atoms. The van der Waals surface area contributed by atoms with Crippen LogP contribution in [0.15, 0.2) is 36.4 Å². The second kappa shape index (κ2) is 5.05. The summed E-state index contributed by atoms with van der Waals surface area (Å²) in [7, 11) is 0. The fraction of sp³-hybridized carbons (Fsp3) is 0.389. The fourth-order valence-electron chi connectivity index (χ4n) is 4.16. The van der Waals surface area contributed by atoms with Crippen LogP contribution < -0.4 is 9.64 Å². The van der Waals surface area contributed by atoms with Crippen molar-refractivity contribution in [3.05, 3.63) is 36.4 Å². The van der Waals surface area contributed by atoms with Gasteiger partial charge in [-0.3, -0.25) is 19.3 Å². The zero-order valence-corrected chi connectivity index (χ0v) is 12.8. The molecule has 0 unspecified atom stereocenters. The summed E-state index contributed by atoms with van der Waals surface area (Å²) in [6.45, 7) is 1.33. The topological polar surface area (TPSA) is 63.7 Å². The number of nitrogens with zero attached hydrogens (tertiary/aromatic N) is 1. The van der Waals surface area contributed by atoms with E-state index in [9.17, 15) is 14.4 Å². The van der Waals surface area contributed by atoms with Crippen LogP contribution in [0.2, 0.25) is 0 Å². The van der Waals surface area contributed by atoms with Gasteiger partial charge in [-0.15, -0.1) is 0 Å². The van der Waals surface area contributed by atoms with Gasteiger partial charge >= 0.3 is 5.97 Å². The van der Waals surface area contributed by atoms with Crippen LogP contribution in [-0.4, -0.2) is 17.8 Å². The molecular weight excluding hydrogens is 294 g/mol. The first-order valence-corrected chi connectivity index (χ1v) is 7.91. The number of rotatable bonds is 2. The highest BCUT2D eigenvalue weighted by atomic mass is 16.5. The first-order chi connectivity index (χ1) is 11.1. The Morgan fingerprint density at radius 1 is 1.00 bits per heavy atom. The maximum absolute atomic E-state index is 12.8. The molecule has 1 saturated heterocycles. The lowest BCUT2D eigenvalue weighted by molar-refractivity contribution is -0.132. The molecule has 1 aromatic carbocycles. The van der Waals surface area contributed by atoms with Crippen molar-refractivity contribution in [2.75, 3.05) is 4.90 Å². The van der Waals surface area contributed by atoms with Gasteiger partial charge < -0.3 is 4.74 Å². The van der Waals surface area contributed by atoms with Gasteiger partial charge in [-0.05, 0) is 48.9 Å². The van der Waals surface area contributed by atoms with E-state index in [1.165, 1.54) is 11.8 Å². The molecule has 4 atom stereocenters. The highest BCUT2D eigenvalue weighted by Gasteiger charge is 2.56. The van der Waals surface area contributed by atoms with E-state index < -0.39 is 5.97 Å². The highest BCUT2D eigenvalue weighted by Crippen LogP contribution is 2.50. The number of benzene rings is 1. The summed E-state index contributed by atoms with van der Waals surface area (Å²) in [4.78, 5) is 37.8. The Morgan fingerprint density at radius 3 is 1.96 bits per heavy atom. The lowest BCUT2D eigenvalue weighted by Crippen LogP contribution is -2.38. The third kappa shape index (κ3) is 2.11. The number of hydrogen-bond donors (Lipinski definition) is 0. The zero-order chi connectivity index (χ0) is 16.1. The summed E-state index contributed by atoms with van der Waals surface area (Å²) < 4.78 is 4.99. The van der Waals surface area contributed by atoms with Crippen LogP contribution in [0, 0.1) is 23.7 Å². The Kier molecular flexibility index (Phi) is 3.11. The van der Waals surface area contributed by atoms with Gasteiger partial charge in [0.15, 0.2) is 0 Å². The Labute approximate surface area is 133 Å². The van der Waals surface area contributed by atoms with E-state index in [2.05, 4.69) is 12.2 Å². The van der Waals surface area contributed by atoms with Gasteiger partial charge in [0.1, 0.15) is 5.75 Å². The van der Waals surface area contributed by atoms with Gasteiger partial charge in [-0.25, -0.2) is 0 Å². The number of fused-ring (bicyclic) bond motifs is 1. The van der Waals surface area contributed by atoms with Crippen LogP contribution in [0.25, 0.3) is 0 Å². The zero-order valence-electron chi connectivity index (χ0n) is 12.8. The van der Waals surface area contributed by atoms with Crippen molar-refractivity contribution in [1.29, 1.82) is 0 Å². The summed E-state index contributed by atoms with van der Waals surface area (Å²) in [5.74, 6) is -0.241. The van der Waals surface area contributed by atoms with Crippen molar-refractivity contribution >= 4 is 23.5 Å². The fourth-order valence-corrected chi connectivity index (χ4v) is 4.16. The molecule has 5 heteroatoms. The largest absolute Gasteiger partial charge is 0.427 e. The molecule has 0 radical (unpaired) electrons. The molecular formula is C18H17NO4. The molecule has 3 aliphatic carbocycles. The van der Waals surface area contributed by atoms with Gasteiger partial charge in [-0.1, -0.05) is 12.2 Å². The first kappa shape index (κ1) is 14.2. The molecule has 0 N–H and O–H groups in total. The molecule has 4 aliphatic rings. The number of esters is 1. The molecule has 23 heavy (non-hydrogen) atoms. The number of carbonyl (C=O) groups excluding carboxylic acids is 3. The molecule has 5 nitrogen and oxygen atoms in total. The Hall–Kier alpha value is -2.43. The molecule has 1 saturated carbocycles. The number of amides is 2. The predicted octanol–water partition coefficient (Wildman–Crippen LogP) is 2.31. The molecule has 1 heterocycles. The number of ether oxygens (including phenoxy) is 1. The van der Waals surface area contributed by atoms with E-state index in [1.807, 2.05) is 0 Å². The average molecular weight is 311 g/mol. The molecule has 2 fully saturated rings. The van der Waals surface area contributed by atoms with Crippen molar-refractivity contribution in [2.45, 2.75) is 19.8 Å². The third-order valence-electron chi connectivity index (χ3n) is 5.12. The Balaban J connectivity index is 1.64. The summed E-state index contributed by atoms with van der Waals surface area (Å²) in [5, 5.41) is 0. The maximum Gasteiger partial charge on any atom is 0.308 e. The van der Waals surface area contributed by atoms with Crippen LogP contribution in [-0.2, 0) is 14.4 Å². The minimum atomic E-state index is -0.403. The normalized spacial score (nSPS) is 31.4. The Morgan fingerprint density at radius 2 is 1.52 bits per heavy atom. The summed E-state index contributed by atoms with van der Waals surface area (Å²) in [5.41, 5.74) is 0.546. The van der Waals surface area contributed by atoms with Gasteiger partial charge in [0.25, 0.3) is 0 Å². The smallest absolute Gasteiger partial charge is 0.308 e. The van der Waals surface area contributed by atoms with E-state index in [4.69, 9.17) is 4.74 Å². The van der Waals surface area contributed by atoms with E-state index in [0.717, 1.165) is 12.8 Å². The maximum atomic E-state index is 12.8. The molecule has 1 aliphatic heterocycles. The number of allylic oxidation sites excluding steroid dienone is 2. The molecule has 1 aromatic rings. The van der Waals surface area contributed by atoms with Crippen LogP contribution in [0.5, 0.6) is 5.75 Å². The highest BCUT2D eigenvalue weighted by molar-refractivity contribution is 6.22. The minimum Gasteiger partial charge on any atom is -0.427 e. The summed E-state index contributed by atoms with van der Waals surface area (Å²) >= 11 is 0. The third-order valence-corrected chi connectivity index (χ3v) is 5.12. The molecule has 0 spiro atoms. The Bertz CT molecular complexity index is 689. The second-order valence-corrected chi connectivity index (χ2v) is 6.44. The lowest BCUT2D eigenvalue weighted by Gasteiger charge is -2.38. The number of imide groups is 1. The monoisotopic (exact) mass is 311 g/mol. The van der Waals surface area contributed by atoms with Gasteiger partial charge in [0.05, 0.1) is 17.5 Å². The van der Waals surface area contributed by atoms with Crippen molar-refractivity contribution in [3.63, 3.8) is 0 Å². The number of carbonyl (C=O) groups is 3. The SMILES string of the molecule is CC(=O)Oc1ccc(N2C(=O)[C@@H]3[C@@H](C2=O)[C@H]2C=C[C@@H]3CC2)cc1. The van der Waals surface area contributed by atoms with Gasteiger partial charge in [0, 0.05) is 6.92 Å². The van der Waals surface area contributed by atoms with Crippen molar-refractivity contribution in [1.82, 2.24) is 0 Å². The summed E-state index contributed by atoms with van der Waals surface area (Å²) in [6, 6.07) is 6.51. The van der Waals surface area contributed by atoms with Crippen molar-refractivity contribution in [2.24, 2.45) is 23.7 Å². The second-order valence-electron chi connectivity index (χ2n) is 6.44. The van der Waals surface area contributed by atoms with Gasteiger partial charge in [0.2, 0.25) is 11.8 Å². The van der Waals surface area contributed by atoms with E-state index in [0.29, 0.717) is 11.4 Å². The van der Waals surface area contributed by atoms with E-state index in [1.54, 1.807) is 24.3 Å². The standard InChI is InChI=1S/C18H17NO4/c1-10(20)23-14-8-6-13(7-9-14)19-17(21)15-11-2-3-12(5-4-11)16(15)18(19)22/h2-3,6-9,11-12,15-16H,4-5H2,1H3/t11-,12+,15-,16-/m0/s1. The molecule has 0 aromatic heterocycles. The van der Waals surface area contributed by atoms with Crippen molar-refractivity contribution in [3.8, 4) is 5.75 Å². The van der Waals surface area contributed by atoms with Crippen LogP contribution in [0.3, 0.4) is 0 Å². The molecule has 5 rings (SSSR count). The number of hydrogen-bond acceptors (Lipinski definition) is 4. The summed E-state index contributed by atoms with van der Waals surface area (Å²) in [6.07, 6.45) is 6.18. The van der Waals surface area contributed by atoms with Crippen LogP contribution in [0.1, 0.15) is 19.8 Å².